The fraction of sp³-hybridized carbons (Fsp3) is 0.188. The molecule has 3 N–H and O–H groups in total. The molecule has 1 amide bonds. The highest BCUT2D eigenvalue weighted by molar-refractivity contribution is 8.00. The van der Waals surface area contributed by atoms with Gasteiger partial charge in [0.1, 0.15) is 4.83 Å². The van der Waals surface area contributed by atoms with Gasteiger partial charge in [0, 0.05) is 10.4 Å². The summed E-state index contributed by atoms with van der Waals surface area (Å²) in [4.78, 5) is 32.7. The molecule has 3 aromatic rings. The number of nitrogens with zero attached hydrogens (tertiary/aromatic N) is 1. The van der Waals surface area contributed by atoms with Crippen LogP contribution in [-0.2, 0) is 4.79 Å². The van der Waals surface area contributed by atoms with Crippen molar-refractivity contribution < 1.29 is 4.79 Å². The topological polar surface area (TPSA) is 88.8 Å². The van der Waals surface area contributed by atoms with Crippen LogP contribution in [0, 0.1) is 6.92 Å². The van der Waals surface area contributed by atoms with Crippen molar-refractivity contribution in [3.05, 3.63) is 45.6 Å². The lowest BCUT2D eigenvalue weighted by atomic mass is 10.0. The molecule has 5 nitrogen and oxygen atoms in total. The molecule has 0 aliphatic heterocycles. The molecule has 2 heterocycles. The number of aromatic nitrogens is 2. The van der Waals surface area contributed by atoms with E-state index in [0.29, 0.717) is 15.4 Å². The first-order chi connectivity index (χ1) is 11.0. The van der Waals surface area contributed by atoms with Crippen LogP contribution >= 0.6 is 23.1 Å². The third-order valence-electron chi connectivity index (χ3n) is 3.47. The van der Waals surface area contributed by atoms with Crippen LogP contribution in [0.15, 0.2) is 40.3 Å². The lowest BCUT2D eigenvalue weighted by Gasteiger charge is -2.06. The number of thiophene rings is 1. The molecule has 0 saturated carbocycles. The SMILES string of the molecule is Cc1sc2nc(SC(C)C(N)=O)[nH]c(=O)c2c1-c1ccccc1. The van der Waals surface area contributed by atoms with Gasteiger partial charge >= 0.3 is 0 Å². The number of amides is 1. The minimum atomic E-state index is -0.453. The van der Waals surface area contributed by atoms with Gasteiger partial charge in [-0.2, -0.15) is 0 Å². The molecule has 7 heteroatoms. The molecule has 23 heavy (non-hydrogen) atoms. The second-order valence-electron chi connectivity index (χ2n) is 5.11. The molecule has 1 unspecified atom stereocenters. The number of carbonyl (C=O) groups is 1. The van der Waals surface area contributed by atoms with Gasteiger partial charge < -0.3 is 10.7 Å². The molecule has 0 saturated heterocycles. The van der Waals surface area contributed by atoms with Gasteiger partial charge in [0.25, 0.3) is 5.56 Å². The molecule has 0 bridgehead atoms. The van der Waals surface area contributed by atoms with Crippen molar-refractivity contribution >= 4 is 39.2 Å². The Morgan fingerprint density at radius 3 is 2.70 bits per heavy atom. The fourth-order valence-corrected chi connectivity index (χ4v) is 4.18. The summed E-state index contributed by atoms with van der Waals surface area (Å²) in [5.41, 5.74) is 6.98. The molecule has 118 valence electrons. The van der Waals surface area contributed by atoms with Crippen molar-refractivity contribution in [2.24, 2.45) is 5.73 Å². The summed E-state index contributed by atoms with van der Waals surface area (Å²) in [5, 5.41) is 0.551. The zero-order valence-electron chi connectivity index (χ0n) is 12.6. The number of rotatable bonds is 4. The Bertz CT molecular complexity index is 932. The van der Waals surface area contributed by atoms with E-state index in [0.717, 1.165) is 27.8 Å². The number of hydrogen-bond donors (Lipinski definition) is 2. The molecule has 3 rings (SSSR count). The Morgan fingerprint density at radius 2 is 2.04 bits per heavy atom. The summed E-state index contributed by atoms with van der Waals surface area (Å²) < 4.78 is 0. The summed E-state index contributed by atoms with van der Waals surface area (Å²) in [7, 11) is 0. The van der Waals surface area contributed by atoms with Crippen LogP contribution in [0.4, 0.5) is 0 Å². The lowest BCUT2D eigenvalue weighted by Crippen LogP contribution is -2.23. The Labute approximate surface area is 140 Å². The van der Waals surface area contributed by atoms with E-state index in [1.165, 1.54) is 11.3 Å². The molecule has 2 aromatic heterocycles. The normalized spacial score (nSPS) is 12.4. The molecule has 1 atom stereocenters. The molecule has 0 spiro atoms. The number of carbonyl (C=O) groups excluding carboxylic acids is 1. The summed E-state index contributed by atoms with van der Waals surface area (Å²) in [6.45, 7) is 3.67. The van der Waals surface area contributed by atoms with Gasteiger partial charge in [-0.05, 0) is 19.4 Å². The van der Waals surface area contributed by atoms with Gasteiger partial charge in [0.2, 0.25) is 5.91 Å². The largest absolute Gasteiger partial charge is 0.369 e. The Balaban J connectivity index is 2.15. The molecule has 0 aliphatic carbocycles. The number of nitrogens with one attached hydrogen (secondary N) is 1. The zero-order valence-corrected chi connectivity index (χ0v) is 14.3. The maximum absolute atomic E-state index is 12.5. The predicted molar refractivity (Wildman–Crippen MR) is 94.9 cm³/mol. The summed E-state index contributed by atoms with van der Waals surface area (Å²) in [5.74, 6) is -0.440. The van der Waals surface area contributed by atoms with E-state index in [2.05, 4.69) is 9.97 Å². The minimum Gasteiger partial charge on any atom is -0.369 e. The maximum Gasteiger partial charge on any atom is 0.260 e. The van der Waals surface area contributed by atoms with Gasteiger partial charge in [0.05, 0.1) is 10.6 Å². The molecule has 0 aliphatic rings. The van der Waals surface area contributed by atoms with Crippen molar-refractivity contribution in [1.82, 2.24) is 9.97 Å². The van der Waals surface area contributed by atoms with Crippen molar-refractivity contribution in [3.8, 4) is 11.1 Å². The summed E-state index contributed by atoms with van der Waals surface area (Å²) in [6, 6.07) is 9.78. The van der Waals surface area contributed by atoms with Gasteiger partial charge in [-0.15, -0.1) is 11.3 Å². The first kappa shape index (κ1) is 15.8. The highest BCUT2D eigenvalue weighted by Gasteiger charge is 2.18. The maximum atomic E-state index is 12.5. The van der Waals surface area contributed by atoms with Crippen LogP contribution < -0.4 is 11.3 Å². The molecular weight excluding hydrogens is 330 g/mol. The molecule has 0 fully saturated rings. The van der Waals surface area contributed by atoms with E-state index in [4.69, 9.17) is 5.73 Å². The monoisotopic (exact) mass is 345 g/mol. The van der Waals surface area contributed by atoms with Crippen LogP contribution in [0.3, 0.4) is 0 Å². The van der Waals surface area contributed by atoms with Crippen molar-refractivity contribution in [2.45, 2.75) is 24.3 Å². The second kappa shape index (κ2) is 6.17. The predicted octanol–water partition coefficient (Wildman–Crippen LogP) is 2.93. The quantitative estimate of drug-likeness (QED) is 0.562. The Morgan fingerprint density at radius 1 is 1.35 bits per heavy atom. The number of primary amides is 1. The van der Waals surface area contributed by atoms with E-state index in [-0.39, 0.29) is 5.56 Å². The van der Waals surface area contributed by atoms with Gasteiger partial charge in [0.15, 0.2) is 5.16 Å². The first-order valence-electron chi connectivity index (χ1n) is 7.02. The average molecular weight is 345 g/mol. The van der Waals surface area contributed by atoms with Crippen LogP contribution in [-0.4, -0.2) is 21.1 Å². The third-order valence-corrected chi connectivity index (χ3v) is 5.47. The Hall–Kier alpha value is -2.12. The number of thioether (sulfide) groups is 1. The second-order valence-corrected chi connectivity index (χ2v) is 7.65. The number of H-pyrrole nitrogens is 1. The summed E-state index contributed by atoms with van der Waals surface area (Å²) >= 11 is 2.63. The van der Waals surface area contributed by atoms with Crippen molar-refractivity contribution in [1.29, 1.82) is 0 Å². The fourth-order valence-electron chi connectivity index (χ4n) is 2.33. The van der Waals surface area contributed by atoms with Gasteiger partial charge in [-0.1, -0.05) is 42.1 Å². The molecule has 1 aromatic carbocycles. The number of aryl methyl sites for hydroxylation is 1. The van der Waals surface area contributed by atoms with E-state index < -0.39 is 11.2 Å². The van der Waals surface area contributed by atoms with E-state index in [1.807, 2.05) is 37.3 Å². The molecule has 0 radical (unpaired) electrons. The third kappa shape index (κ3) is 3.02. The van der Waals surface area contributed by atoms with E-state index in [1.54, 1.807) is 6.92 Å². The lowest BCUT2D eigenvalue weighted by molar-refractivity contribution is -0.117. The van der Waals surface area contributed by atoms with Crippen LogP contribution in [0.1, 0.15) is 11.8 Å². The highest BCUT2D eigenvalue weighted by Crippen LogP contribution is 2.36. The number of fused-ring (bicyclic) bond motifs is 1. The zero-order chi connectivity index (χ0) is 16.6. The Kier molecular flexibility index (Phi) is 4.23. The van der Waals surface area contributed by atoms with E-state index in [9.17, 15) is 9.59 Å². The van der Waals surface area contributed by atoms with Gasteiger partial charge in [-0.3, -0.25) is 9.59 Å². The first-order valence-corrected chi connectivity index (χ1v) is 8.72. The van der Waals surface area contributed by atoms with E-state index >= 15 is 0 Å². The van der Waals surface area contributed by atoms with Crippen LogP contribution in [0.5, 0.6) is 0 Å². The minimum absolute atomic E-state index is 0.197. The van der Waals surface area contributed by atoms with Gasteiger partial charge in [-0.25, -0.2) is 4.98 Å². The smallest absolute Gasteiger partial charge is 0.260 e. The average Bonchev–Trinajstić information content (AvgIpc) is 2.84. The highest BCUT2D eigenvalue weighted by atomic mass is 32.2. The van der Waals surface area contributed by atoms with Crippen LogP contribution in [0.2, 0.25) is 0 Å². The summed E-state index contributed by atoms with van der Waals surface area (Å²) in [6.07, 6.45) is 0. The number of hydrogen-bond acceptors (Lipinski definition) is 5. The number of aromatic amines is 1. The van der Waals surface area contributed by atoms with Crippen molar-refractivity contribution in [2.75, 3.05) is 0 Å². The van der Waals surface area contributed by atoms with Crippen molar-refractivity contribution in [3.63, 3.8) is 0 Å². The molecular formula is C16H15N3O2S2. The van der Waals surface area contributed by atoms with Crippen LogP contribution in [0.25, 0.3) is 21.3 Å². The number of benzene rings is 1. The standard InChI is InChI=1S/C16H15N3O2S2/c1-8-11(10-6-4-3-5-7-10)12-14(21)18-16(19-15(12)22-8)23-9(2)13(17)20/h3-7,9H,1-2H3,(H2,17,20)(H,18,19,21). The number of nitrogens with two attached hydrogens (primary N) is 1.